The van der Waals surface area contributed by atoms with Gasteiger partial charge in [-0.2, -0.15) is 5.10 Å². The van der Waals surface area contributed by atoms with E-state index >= 15 is 0 Å². The highest BCUT2D eigenvalue weighted by molar-refractivity contribution is 7.10. The highest BCUT2D eigenvalue weighted by atomic mass is 32.1. The number of carbonyl (C=O) groups excluding carboxylic acids is 1. The third-order valence-electron chi connectivity index (χ3n) is 2.53. The number of aryl methyl sites for hydroxylation is 1. The van der Waals surface area contributed by atoms with E-state index in [0.29, 0.717) is 13.1 Å². The van der Waals surface area contributed by atoms with Crippen molar-refractivity contribution in [3.8, 4) is 0 Å². The molecule has 5 nitrogen and oxygen atoms in total. The summed E-state index contributed by atoms with van der Waals surface area (Å²) in [7, 11) is 0. The van der Waals surface area contributed by atoms with Crippen LogP contribution in [0.15, 0.2) is 29.9 Å². The second-order valence-electron chi connectivity index (χ2n) is 4.06. The number of hydrogen-bond acceptors (Lipinski definition) is 4. The van der Waals surface area contributed by atoms with E-state index in [0.717, 1.165) is 10.4 Å². The van der Waals surface area contributed by atoms with Crippen LogP contribution in [0, 0.1) is 6.92 Å². The van der Waals surface area contributed by atoms with Gasteiger partial charge in [-0.25, -0.2) is 0 Å². The topological polar surface area (TPSA) is 72.9 Å². The van der Waals surface area contributed by atoms with Gasteiger partial charge in [-0.15, -0.1) is 11.3 Å². The summed E-state index contributed by atoms with van der Waals surface area (Å²) in [6.45, 7) is 3.16. The van der Waals surface area contributed by atoms with E-state index in [1.54, 1.807) is 10.9 Å². The SMILES string of the molecule is Cc1cnn(CCNC(=O)C(N)c2cccs2)c1. The molecule has 96 valence electrons. The first-order chi connectivity index (χ1) is 8.66. The van der Waals surface area contributed by atoms with Crippen molar-refractivity contribution in [3.05, 3.63) is 40.3 Å². The second-order valence-corrected chi connectivity index (χ2v) is 5.04. The smallest absolute Gasteiger partial charge is 0.242 e. The molecular formula is C12H16N4OS. The van der Waals surface area contributed by atoms with Crippen LogP contribution >= 0.6 is 11.3 Å². The molecule has 1 amide bonds. The first kappa shape index (κ1) is 12.8. The fourth-order valence-electron chi connectivity index (χ4n) is 1.59. The molecule has 0 aromatic carbocycles. The second kappa shape index (κ2) is 5.79. The number of amides is 1. The van der Waals surface area contributed by atoms with E-state index in [2.05, 4.69) is 10.4 Å². The highest BCUT2D eigenvalue weighted by Crippen LogP contribution is 2.16. The van der Waals surface area contributed by atoms with Crippen LogP contribution < -0.4 is 11.1 Å². The number of carbonyl (C=O) groups is 1. The molecule has 2 rings (SSSR count). The summed E-state index contributed by atoms with van der Waals surface area (Å²) in [5.74, 6) is -0.152. The Morgan fingerprint density at radius 1 is 1.67 bits per heavy atom. The fraction of sp³-hybridized carbons (Fsp3) is 0.333. The molecule has 0 radical (unpaired) electrons. The van der Waals surface area contributed by atoms with Crippen molar-refractivity contribution >= 4 is 17.2 Å². The van der Waals surface area contributed by atoms with Crippen molar-refractivity contribution in [3.63, 3.8) is 0 Å². The van der Waals surface area contributed by atoms with Crippen LogP contribution in [-0.4, -0.2) is 22.2 Å². The van der Waals surface area contributed by atoms with E-state index < -0.39 is 6.04 Å². The zero-order valence-electron chi connectivity index (χ0n) is 10.2. The number of nitrogens with two attached hydrogens (primary N) is 1. The van der Waals surface area contributed by atoms with Crippen LogP contribution in [0.3, 0.4) is 0 Å². The largest absolute Gasteiger partial charge is 0.353 e. The van der Waals surface area contributed by atoms with Crippen LogP contribution in [0.5, 0.6) is 0 Å². The van der Waals surface area contributed by atoms with Crippen LogP contribution in [-0.2, 0) is 11.3 Å². The van der Waals surface area contributed by atoms with Gasteiger partial charge >= 0.3 is 0 Å². The Morgan fingerprint density at radius 3 is 3.11 bits per heavy atom. The lowest BCUT2D eigenvalue weighted by Gasteiger charge is -2.10. The first-order valence-corrected chi connectivity index (χ1v) is 6.60. The Balaban J connectivity index is 1.78. The third kappa shape index (κ3) is 3.18. The molecule has 18 heavy (non-hydrogen) atoms. The van der Waals surface area contributed by atoms with Crippen LogP contribution in [0.4, 0.5) is 0 Å². The maximum Gasteiger partial charge on any atom is 0.242 e. The molecule has 1 unspecified atom stereocenters. The highest BCUT2D eigenvalue weighted by Gasteiger charge is 2.15. The summed E-state index contributed by atoms with van der Waals surface area (Å²) in [5, 5.41) is 8.87. The zero-order chi connectivity index (χ0) is 13.0. The molecule has 0 spiro atoms. The maximum atomic E-state index is 11.8. The summed E-state index contributed by atoms with van der Waals surface area (Å²) >= 11 is 1.49. The summed E-state index contributed by atoms with van der Waals surface area (Å²) in [4.78, 5) is 12.7. The molecule has 0 fully saturated rings. The zero-order valence-corrected chi connectivity index (χ0v) is 11.0. The minimum Gasteiger partial charge on any atom is -0.353 e. The minimum absolute atomic E-state index is 0.152. The summed E-state index contributed by atoms with van der Waals surface area (Å²) in [5.41, 5.74) is 6.95. The van der Waals surface area contributed by atoms with Gasteiger partial charge in [-0.05, 0) is 23.9 Å². The number of nitrogens with one attached hydrogen (secondary N) is 1. The van der Waals surface area contributed by atoms with Crippen LogP contribution in [0.2, 0.25) is 0 Å². The van der Waals surface area contributed by atoms with Gasteiger partial charge in [-0.1, -0.05) is 6.07 Å². The summed E-state index contributed by atoms with van der Waals surface area (Å²) < 4.78 is 1.80. The van der Waals surface area contributed by atoms with Crippen molar-refractivity contribution < 1.29 is 4.79 Å². The van der Waals surface area contributed by atoms with Gasteiger partial charge in [0.15, 0.2) is 0 Å². The molecule has 0 aliphatic rings. The number of thiophene rings is 1. The Hall–Kier alpha value is -1.66. The van der Waals surface area contributed by atoms with Crippen molar-refractivity contribution in [2.24, 2.45) is 5.73 Å². The van der Waals surface area contributed by atoms with E-state index in [1.807, 2.05) is 30.6 Å². The van der Waals surface area contributed by atoms with Gasteiger partial charge < -0.3 is 11.1 Å². The van der Waals surface area contributed by atoms with Crippen molar-refractivity contribution in [1.82, 2.24) is 15.1 Å². The number of hydrogen-bond donors (Lipinski definition) is 2. The molecule has 0 aliphatic heterocycles. The average molecular weight is 264 g/mol. The Morgan fingerprint density at radius 2 is 2.50 bits per heavy atom. The van der Waals surface area contributed by atoms with Gasteiger partial charge in [0.1, 0.15) is 6.04 Å². The predicted octanol–water partition coefficient (Wildman–Crippen LogP) is 1.07. The maximum absolute atomic E-state index is 11.8. The molecule has 0 aliphatic carbocycles. The van der Waals surface area contributed by atoms with E-state index in [1.165, 1.54) is 11.3 Å². The quantitative estimate of drug-likeness (QED) is 0.848. The Labute approximate surface area is 110 Å². The lowest BCUT2D eigenvalue weighted by Crippen LogP contribution is -2.35. The molecule has 3 N–H and O–H groups in total. The lowest BCUT2D eigenvalue weighted by molar-refractivity contribution is -0.122. The van der Waals surface area contributed by atoms with E-state index in [4.69, 9.17) is 5.73 Å². The van der Waals surface area contributed by atoms with Crippen molar-refractivity contribution in [2.75, 3.05) is 6.54 Å². The normalized spacial score (nSPS) is 12.3. The molecule has 0 saturated heterocycles. The summed E-state index contributed by atoms with van der Waals surface area (Å²) in [6, 6.07) is 3.18. The Bertz CT molecular complexity index is 506. The number of nitrogens with zero attached hydrogens (tertiary/aromatic N) is 2. The molecule has 6 heteroatoms. The number of aromatic nitrogens is 2. The lowest BCUT2D eigenvalue weighted by atomic mass is 10.2. The van der Waals surface area contributed by atoms with E-state index in [9.17, 15) is 4.79 Å². The average Bonchev–Trinajstić information content (AvgIpc) is 2.99. The number of rotatable bonds is 5. The molecule has 2 heterocycles. The molecule has 0 bridgehead atoms. The van der Waals surface area contributed by atoms with Gasteiger partial charge in [0, 0.05) is 17.6 Å². The Kier molecular flexibility index (Phi) is 4.11. The van der Waals surface area contributed by atoms with Gasteiger partial charge in [0.25, 0.3) is 0 Å². The standard InChI is InChI=1S/C12H16N4OS/c1-9-7-15-16(8-9)5-4-14-12(17)11(13)10-3-2-6-18-10/h2-3,6-8,11H,4-5,13H2,1H3,(H,14,17). The predicted molar refractivity (Wildman–Crippen MR) is 71.2 cm³/mol. The van der Waals surface area contributed by atoms with Crippen LogP contribution in [0.25, 0.3) is 0 Å². The van der Waals surface area contributed by atoms with Crippen molar-refractivity contribution in [1.29, 1.82) is 0 Å². The van der Waals surface area contributed by atoms with Crippen LogP contribution in [0.1, 0.15) is 16.5 Å². The molecule has 0 saturated carbocycles. The third-order valence-corrected chi connectivity index (χ3v) is 3.49. The molecule has 1 atom stereocenters. The molecular weight excluding hydrogens is 248 g/mol. The van der Waals surface area contributed by atoms with Crippen molar-refractivity contribution in [2.45, 2.75) is 19.5 Å². The van der Waals surface area contributed by atoms with Gasteiger partial charge in [0.05, 0.1) is 12.7 Å². The monoisotopic (exact) mass is 264 g/mol. The van der Waals surface area contributed by atoms with Gasteiger partial charge in [-0.3, -0.25) is 9.48 Å². The van der Waals surface area contributed by atoms with Gasteiger partial charge in [0.2, 0.25) is 5.91 Å². The summed E-state index contributed by atoms with van der Waals surface area (Å²) in [6.07, 6.45) is 3.73. The molecule has 2 aromatic rings. The minimum atomic E-state index is -0.579. The fourth-order valence-corrected chi connectivity index (χ4v) is 2.32. The first-order valence-electron chi connectivity index (χ1n) is 5.72. The molecule has 2 aromatic heterocycles. The van der Waals surface area contributed by atoms with E-state index in [-0.39, 0.29) is 5.91 Å².